The maximum Gasteiger partial charge on any atom is 0.319 e. The Morgan fingerprint density at radius 3 is 2.17 bits per heavy atom. The van der Waals surface area contributed by atoms with Crippen molar-refractivity contribution in [2.24, 2.45) is 11.3 Å². The number of benzene rings is 1. The van der Waals surface area contributed by atoms with Gasteiger partial charge in [0.25, 0.3) is 5.91 Å². The van der Waals surface area contributed by atoms with Crippen molar-refractivity contribution < 1.29 is 9.59 Å². The molecule has 5 heteroatoms. The molecule has 0 aliphatic carbocycles. The Hall–Kier alpha value is -2.04. The van der Waals surface area contributed by atoms with E-state index < -0.39 is 5.54 Å². The molecule has 2 rings (SSSR count). The van der Waals surface area contributed by atoms with Crippen LogP contribution in [-0.4, -0.2) is 42.0 Å². The highest BCUT2D eigenvalue weighted by atomic mass is 16.2. The van der Waals surface area contributed by atoms with Gasteiger partial charge in [0.2, 0.25) is 0 Å². The highest BCUT2D eigenvalue weighted by Gasteiger charge is 2.63. The van der Waals surface area contributed by atoms with Gasteiger partial charge in [0.05, 0.1) is 0 Å². The average molecular weight is 331 g/mol. The van der Waals surface area contributed by atoms with Crippen molar-refractivity contribution >= 4 is 11.9 Å². The van der Waals surface area contributed by atoms with Gasteiger partial charge >= 0.3 is 6.03 Å². The Morgan fingerprint density at radius 2 is 1.75 bits per heavy atom. The van der Waals surface area contributed by atoms with Crippen LogP contribution in [0.3, 0.4) is 0 Å². The fourth-order valence-electron chi connectivity index (χ4n) is 4.02. The molecule has 0 saturated carbocycles. The van der Waals surface area contributed by atoms with E-state index in [1.165, 1.54) is 0 Å². The van der Waals surface area contributed by atoms with Crippen LogP contribution in [0.4, 0.5) is 4.79 Å². The third-order valence-corrected chi connectivity index (χ3v) is 4.89. The van der Waals surface area contributed by atoms with E-state index in [0.29, 0.717) is 0 Å². The second-order valence-electron chi connectivity index (χ2n) is 7.87. The van der Waals surface area contributed by atoms with E-state index in [1.807, 2.05) is 44.2 Å². The fourth-order valence-corrected chi connectivity index (χ4v) is 4.02. The molecule has 3 amide bonds. The lowest BCUT2D eigenvalue weighted by Gasteiger charge is -2.44. The lowest BCUT2D eigenvalue weighted by atomic mass is 9.78. The summed E-state index contributed by atoms with van der Waals surface area (Å²) >= 11 is 0. The second kappa shape index (κ2) is 6.11. The minimum atomic E-state index is -1.01. The Labute approximate surface area is 145 Å². The van der Waals surface area contributed by atoms with Crippen molar-refractivity contribution in [3.8, 4) is 0 Å². The van der Waals surface area contributed by atoms with Crippen molar-refractivity contribution in [2.45, 2.75) is 46.3 Å². The van der Waals surface area contributed by atoms with Crippen LogP contribution in [0.25, 0.3) is 0 Å². The molecule has 1 aromatic rings. The summed E-state index contributed by atoms with van der Waals surface area (Å²) in [6, 6.07) is 9.40. The van der Waals surface area contributed by atoms with E-state index in [9.17, 15) is 9.59 Å². The molecule has 1 fully saturated rings. The van der Waals surface area contributed by atoms with Crippen LogP contribution in [0.1, 0.15) is 40.2 Å². The molecule has 24 heavy (non-hydrogen) atoms. The molecule has 1 aromatic carbocycles. The molecule has 1 aliphatic heterocycles. The summed E-state index contributed by atoms with van der Waals surface area (Å²) in [4.78, 5) is 29.8. The molecule has 132 valence electrons. The maximum absolute atomic E-state index is 13.5. The van der Waals surface area contributed by atoms with Crippen molar-refractivity contribution in [3.63, 3.8) is 0 Å². The topological polar surface area (TPSA) is 52.7 Å². The Bertz CT molecular complexity index is 621. The van der Waals surface area contributed by atoms with Crippen LogP contribution in [0, 0.1) is 11.3 Å². The van der Waals surface area contributed by atoms with E-state index in [2.05, 4.69) is 26.1 Å². The summed E-state index contributed by atoms with van der Waals surface area (Å²) in [6.07, 6.45) is -0.326. The van der Waals surface area contributed by atoms with Crippen LogP contribution in [0.2, 0.25) is 0 Å². The zero-order valence-corrected chi connectivity index (χ0v) is 15.8. The molecular formula is C19H29N3O2. The first-order valence-electron chi connectivity index (χ1n) is 8.44. The quantitative estimate of drug-likeness (QED) is 0.905. The van der Waals surface area contributed by atoms with Crippen molar-refractivity contribution in [3.05, 3.63) is 35.9 Å². The van der Waals surface area contributed by atoms with Crippen LogP contribution in [-0.2, 0) is 10.3 Å². The van der Waals surface area contributed by atoms with Crippen molar-refractivity contribution in [2.75, 3.05) is 14.1 Å². The number of carbonyl (C=O) groups excluding carboxylic acids is 2. The molecule has 2 atom stereocenters. The molecule has 1 aliphatic rings. The number of hydrogen-bond donors (Lipinski definition) is 1. The summed E-state index contributed by atoms with van der Waals surface area (Å²) in [5, 5.41) is 2.74. The number of urea groups is 1. The van der Waals surface area contributed by atoms with E-state index in [0.717, 1.165) is 5.56 Å². The number of nitrogens with one attached hydrogen (secondary N) is 1. The number of likely N-dealkylation sites (N-methyl/N-ethyl adjacent to an activating group) is 1. The summed E-state index contributed by atoms with van der Waals surface area (Å²) in [5.41, 5.74) is -0.427. The standard InChI is InChI=1S/C19H29N3O2/c1-13(2)19(14-11-9-8-10-12-14)16(23)21(7)15(18(3,4)5)22(19)17(24)20-6/h8-13,15H,1-7H3,(H,20,24)/t15-,19-/m1/s1. The normalized spacial score (nSPS) is 24.7. The number of rotatable bonds is 2. The monoisotopic (exact) mass is 331 g/mol. The zero-order chi connectivity index (χ0) is 18.3. The minimum absolute atomic E-state index is 0.0350. The Balaban J connectivity index is 2.80. The summed E-state index contributed by atoms with van der Waals surface area (Å²) in [6.45, 7) is 10.2. The Morgan fingerprint density at radius 1 is 1.21 bits per heavy atom. The number of hydrogen-bond acceptors (Lipinski definition) is 2. The van der Waals surface area contributed by atoms with Gasteiger partial charge in [-0.3, -0.25) is 9.69 Å². The van der Waals surface area contributed by atoms with Gasteiger partial charge in [0.15, 0.2) is 5.54 Å². The Kier molecular flexibility index (Phi) is 4.66. The number of amides is 3. The molecule has 1 saturated heterocycles. The molecule has 1 heterocycles. The van der Waals surface area contributed by atoms with Gasteiger partial charge in [-0.05, 0) is 11.5 Å². The SMILES string of the molecule is CNC(=O)N1[C@H](C(C)(C)C)N(C)C(=O)[C@]1(c1ccccc1)C(C)C. The predicted molar refractivity (Wildman–Crippen MR) is 95.3 cm³/mol. The van der Waals surface area contributed by atoms with Gasteiger partial charge in [-0.2, -0.15) is 0 Å². The van der Waals surface area contributed by atoms with Gasteiger partial charge in [-0.15, -0.1) is 0 Å². The van der Waals surface area contributed by atoms with Crippen LogP contribution < -0.4 is 5.32 Å². The third-order valence-electron chi connectivity index (χ3n) is 4.89. The van der Waals surface area contributed by atoms with Crippen LogP contribution in [0.15, 0.2) is 30.3 Å². The summed E-state index contributed by atoms with van der Waals surface area (Å²) < 4.78 is 0. The molecule has 0 bridgehead atoms. The number of carbonyl (C=O) groups is 2. The lowest BCUT2D eigenvalue weighted by molar-refractivity contribution is -0.135. The van der Waals surface area contributed by atoms with Crippen LogP contribution >= 0.6 is 0 Å². The van der Waals surface area contributed by atoms with Gasteiger partial charge in [0, 0.05) is 19.5 Å². The van der Waals surface area contributed by atoms with Crippen molar-refractivity contribution in [1.82, 2.24) is 15.1 Å². The first-order chi connectivity index (χ1) is 11.1. The van der Waals surface area contributed by atoms with E-state index >= 15 is 0 Å². The average Bonchev–Trinajstić information content (AvgIpc) is 2.76. The van der Waals surface area contributed by atoms with Crippen molar-refractivity contribution in [1.29, 1.82) is 0 Å². The lowest BCUT2D eigenvalue weighted by Crippen LogP contribution is -2.59. The highest BCUT2D eigenvalue weighted by molar-refractivity contribution is 5.95. The molecule has 0 unspecified atom stereocenters. The molecule has 0 radical (unpaired) electrons. The molecule has 5 nitrogen and oxygen atoms in total. The largest absolute Gasteiger partial charge is 0.341 e. The van der Waals surface area contributed by atoms with Gasteiger partial charge < -0.3 is 10.2 Å². The minimum Gasteiger partial charge on any atom is -0.341 e. The number of nitrogens with zero attached hydrogens (tertiary/aromatic N) is 2. The summed E-state index contributed by atoms with van der Waals surface area (Å²) in [7, 11) is 3.40. The van der Waals surface area contributed by atoms with E-state index in [4.69, 9.17) is 0 Å². The van der Waals surface area contributed by atoms with Crippen LogP contribution in [0.5, 0.6) is 0 Å². The molecule has 0 aromatic heterocycles. The maximum atomic E-state index is 13.5. The third kappa shape index (κ3) is 2.46. The zero-order valence-electron chi connectivity index (χ0n) is 15.8. The van der Waals surface area contributed by atoms with Gasteiger partial charge in [-0.25, -0.2) is 4.79 Å². The predicted octanol–water partition coefficient (Wildman–Crippen LogP) is 3.02. The highest BCUT2D eigenvalue weighted by Crippen LogP contribution is 2.48. The second-order valence-corrected chi connectivity index (χ2v) is 7.87. The van der Waals surface area contributed by atoms with Gasteiger partial charge in [-0.1, -0.05) is 65.0 Å². The first kappa shape index (κ1) is 18.3. The van der Waals surface area contributed by atoms with E-state index in [-0.39, 0.29) is 29.4 Å². The summed E-state index contributed by atoms with van der Waals surface area (Å²) in [5.74, 6) is -0.105. The fraction of sp³-hybridized carbons (Fsp3) is 0.579. The molecule has 0 spiro atoms. The van der Waals surface area contributed by atoms with Gasteiger partial charge in [0.1, 0.15) is 6.17 Å². The molecular weight excluding hydrogens is 302 g/mol. The van der Waals surface area contributed by atoms with E-state index in [1.54, 1.807) is 23.9 Å². The first-order valence-corrected chi connectivity index (χ1v) is 8.44. The molecule has 1 N–H and O–H groups in total. The smallest absolute Gasteiger partial charge is 0.319 e.